The Hall–Kier alpha value is -1.81. The van der Waals surface area contributed by atoms with Crippen molar-refractivity contribution in [1.82, 2.24) is 9.78 Å². The smallest absolute Gasteiger partial charge is 0.0826 e. The summed E-state index contributed by atoms with van der Waals surface area (Å²) in [6.07, 6.45) is 0.453. The average molecular weight is 257 g/mol. The lowest BCUT2D eigenvalue weighted by molar-refractivity contribution is 0.164. The van der Waals surface area contributed by atoms with Crippen LogP contribution >= 0.6 is 0 Å². The van der Waals surface area contributed by atoms with Crippen molar-refractivity contribution in [3.05, 3.63) is 47.3 Å². The molecule has 1 atom stereocenters. The van der Waals surface area contributed by atoms with Crippen molar-refractivity contribution in [3.63, 3.8) is 0 Å². The van der Waals surface area contributed by atoms with Crippen LogP contribution in [-0.2, 0) is 13.6 Å². The summed E-state index contributed by atoms with van der Waals surface area (Å²) in [5, 5.41) is 14.4. The van der Waals surface area contributed by atoms with Gasteiger partial charge in [-0.1, -0.05) is 18.2 Å². The predicted molar refractivity (Wildman–Crippen MR) is 75.0 cm³/mol. The van der Waals surface area contributed by atoms with Crippen molar-refractivity contribution in [3.8, 4) is 0 Å². The molecule has 1 N–H and O–H groups in total. The average Bonchev–Trinajstić information content (AvgIpc) is 2.72. The molecule has 1 aliphatic rings. The molecule has 0 bridgehead atoms. The standard InChI is InChI=1S/C15H19N3O/c1-11-9-12(17(2)16-11)10-18-8-7-15(19)13-5-3-4-6-14(13)18/h3-6,9,15,19H,7-8,10H2,1-2H3. The molecule has 19 heavy (non-hydrogen) atoms. The Balaban J connectivity index is 1.91. The normalized spacial score (nSPS) is 18.5. The van der Waals surface area contributed by atoms with E-state index in [1.54, 1.807) is 0 Å². The molecule has 2 heterocycles. The van der Waals surface area contributed by atoms with Crippen LogP contribution in [0.3, 0.4) is 0 Å². The number of aryl methyl sites for hydroxylation is 2. The van der Waals surface area contributed by atoms with E-state index in [4.69, 9.17) is 0 Å². The molecular weight excluding hydrogens is 238 g/mol. The Morgan fingerprint density at radius 2 is 2.16 bits per heavy atom. The zero-order valence-electron chi connectivity index (χ0n) is 11.4. The van der Waals surface area contributed by atoms with Gasteiger partial charge in [-0.25, -0.2) is 0 Å². The van der Waals surface area contributed by atoms with Gasteiger partial charge in [-0.3, -0.25) is 4.68 Å². The Morgan fingerprint density at radius 1 is 1.37 bits per heavy atom. The van der Waals surface area contributed by atoms with Crippen LogP contribution in [0.15, 0.2) is 30.3 Å². The van der Waals surface area contributed by atoms with Gasteiger partial charge in [0.25, 0.3) is 0 Å². The highest BCUT2D eigenvalue weighted by atomic mass is 16.3. The molecule has 0 saturated carbocycles. The van der Waals surface area contributed by atoms with Gasteiger partial charge in [0.2, 0.25) is 0 Å². The molecule has 2 aromatic rings. The van der Waals surface area contributed by atoms with E-state index >= 15 is 0 Å². The van der Waals surface area contributed by atoms with Gasteiger partial charge < -0.3 is 10.0 Å². The second kappa shape index (κ2) is 4.70. The summed E-state index contributed by atoms with van der Waals surface area (Å²) in [6.45, 7) is 3.72. The van der Waals surface area contributed by atoms with E-state index in [-0.39, 0.29) is 6.10 Å². The molecule has 4 heteroatoms. The summed E-state index contributed by atoms with van der Waals surface area (Å²) >= 11 is 0. The molecule has 1 aromatic carbocycles. The minimum Gasteiger partial charge on any atom is -0.388 e. The minimum atomic E-state index is -0.333. The number of fused-ring (bicyclic) bond motifs is 1. The van der Waals surface area contributed by atoms with Crippen LogP contribution < -0.4 is 4.90 Å². The second-order valence-electron chi connectivity index (χ2n) is 5.19. The van der Waals surface area contributed by atoms with Crippen LogP contribution in [0.5, 0.6) is 0 Å². The van der Waals surface area contributed by atoms with Crippen LogP contribution in [-0.4, -0.2) is 21.4 Å². The van der Waals surface area contributed by atoms with Gasteiger partial charge in [0.15, 0.2) is 0 Å². The molecule has 0 fully saturated rings. The van der Waals surface area contributed by atoms with Crippen molar-refractivity contribution in [1.29, 1.82) is 0 Å². The van der Waals surface area contributed by atoms with Crippen LogP contribution in [0.25, 0.3) is 0 Å². The summed E-state index contributed by atoms with van der Waals surface area (Å²) in [7, 11) is 1.98. The van der Waals surface area contributed by atoms with Crippen LogP contribution in [0.4, 0.5) is 5.69 Å². The fraction of sp³-hybridized carbons (Fsp3) is 0.400. The third kappa shape index (κ3) is 2.24. The van der Waals surface area contributed by atoms with Crippen LogP contribution in [0, 0.1) is 6.92 Å². The van der Waals surface area contributed by atoms with Gasteiger partial charge in [0.05, 0.1) is 24.0 Å². The monoisotopic (exact) mass is 257 g/mol. The number of hydrogen-bond acceptors (Lipinski definition) is 3. The maximum Gasteiger partial charge on any atom is 0.0826 e. The van der Waals surface area contributed by atoms with Crippen molar-refractivity contribution in [2.45, 2.75) is 26.0 Å². The number of hydrogen-bond donors (Lipinski definition) is 1. The molecule has 1 aliphatic heterocycles. The van der Waals surface area contributed by atoms with Crippen LogP contribution in [0.1, 0.15) is 29.5 Å². The first-order valence-electron chi connectivity index (χ1n) is 6.66. The molecule has 0 radical (unpaired) electrons. The van der Waals surface area contributed by atoms with E-state index in [1.165, 1.54) is 5.69 Å². The molecule has 0 spiro atoms. The van der Waals surface area contributed by atoms with E-state index in [0.717, 1.165) is 36.5 Å². The van der Waals surface area contributed by atoms with Gasteiger partial charge in [0, 0.05) is 24.8 Å². The quantitative estimate of drug-likeness (QED) is 0.896. The minimum absolute atomic E-state index is 0.333. The third-order valence-electron chi connectivity index (χ3n) is 3.76. The zero-order valence-corrected chi connectivity index (χ0v) is 11.4. The number of anilines is 1. The molecule has 0 saturated heterocycles. The second-order valence-corrected chi connectivity index (χ2v) is 5.19. The number of aliphatic hydroxyl groups is 1. The van der Waals surface area contributed by atoms with E-state index < -0.39 is 0 Å². The lowest BCUT2D eigenvalue weighted by Crippen LogP contribution is -2.31. The lowest BCUT2D eigenvalue weighted by Gasteiger charge is -2.33. The maximum absolute atomic E-state index is 10.1. The number of para-hydroxylation sites is 1. The Labute approximate surface area is 113 Å². The van der Waals surface area contributed by atoms with Gasteiger partial charge in [-0.05, 0) is 25.5 Å². The fourth-order valence-corrected chi connectivity index (χ4v) is 2.78. The van der Waals surface area contributed by atoms with E-state index in [1.807, 2.05) is 36.9 Å². The van der Waals surface area contributed by atoms with Gasteiger partial charge >= 0.3 is 0 Å². The zero-order chi connectivity index (χ0) is 13.4. The van der Waals surface area contributed by atoms with Crippen molar-refractivity contribution >= 4 is 5.69 Å². The molecule has 4 nitrogen and oxygen atoms in total. The summed E-state index contributed by atoms with van der Waals surface area (Å²) < 4.78 is 1.93. The van der Waals surface area contributed by atoms with Crippen molar-refractivity contribution in [2.75, 3.05) is 11.4 Å². The van der Waals surface area contributed by atoms with Crippen molar-refractivity contribution < 1.29 is 5.11 Å². The summed E-state index contributed by atoms with van der Waals surface area (Å²) in [4.78, 5) is 2.32. The summed E-state index contributed by atoms with van der Waals surface area (Å²) in [5.74, 6) is 0. The summed E-state index contributed by atoms with van der Waals surface area (Å²) in [6, 6.07) is 10.2. The highest BCUT2D eigenvalue weighted by Gasteiger charge is 2.23. The molecular formula is C15H19N3O. The number of benzene rings is 1. The maximum atomic E-state index is 10.1. The first-order chi connectivity index (χ1) is 9.15. The fourth-order valence-electron chi connectivity index (χ4n) is 2.78. The number of aliphatic hydroxyl groups excluding tert-OH is 1. The number of rotatable bonds is 2. The third-order valence-corrected chi connectivity index (χ3v) is 3.76. The van der Waals surface area contributed by atoms with Gasteiger partial charge in [-0.2, -0.15) is 5.10 Å². The molecule has 1 aromatic heterocycles. The highest BCUT2D eigenvalue weighted by Crippen LogP contribution is 2.34. The van der Waals surface area contributed by atoms with E-state index in [2.05, 4.69) is 22.1 Å². The van der Waals surface area contributed by atoms with Gasteiger partial charge in [-0.15, -0.1) is 0 Å². The lowest BCUT2D eigenvalue weighted by atomic mass is 9.99. The molecule has 3 rings (SSSR count). The molecule has 0 amide bonds. The topological polar surface area (TPSA) is 41.3 Å². The van der Waals surface area contributed by atoms with Gasteiger partial charge in [0.1, 0.15) is 0 Å². The largest absolute Gasteiger partial charge is 0.388 e. The molecule has 1 unspecified atom stereocenters. The van der Waals surface area contributed by atoms with E-state index in [0.29, 0.717) is 0 Å². The molecule has 0 aliphatic carbocycles. The Bertz CT molecular complexity index is 591. The summed E-state index contributed by atoms with van der Waals surface area (Å²) in [5.41, 5.74) is 4.42. The first-order valence-corrected chi connectivity index (χ1v) is 6.66. The van der Waals surface area contributed by atoms with E-state index in [9.17, 15) is 5.11 Å². The SMILES string of the molecule is Cc1cc(CN2CCC(O)c3ccccc32)n(C)n1. The highest BCUT2D eigenvalue weighted by molar-refractivity contribution is 5.56. The van der Waals surface area contributed by atoms with Crippen molar-refractivity contribution in [2.24, 2.45) is 7.05 Å². The first kappa shape index (κ1) is 12.2. The molecule has 100 valence electrons. The number of nitrogens with zero attached hydrogens (tertiary/aromatic N) is 3. The predicted octanol–water partition coefficient (Wildman–Crippen LogP) is 2.17. The van der Waals surface area contributed by atoms with Crippen LogP contribution in [0.2, 0.25) is 0 Å². The Kier molecular flexibility index (Phi) is 3.03. The number of aromatic nitrogens is 2. The Morgan fingerprint density at radius 3 is 2.89 bits per heavy atom.